The Bertz CT molecular complexity index is 427. The molecule has 0 heterocycles. The van der Waals surface area contributed by atoms with Crippen LogP contribution in [0.2, 0.25) is 0 Å². The number of rotatable bonds is 3. The highest BCUT2D eigenvalue weighted by molar-refractivity contribution is 5.94. The topological polar surface area (TPSA) is 89.7 Å². The maximum Gasteiger partial charge on any atom is 0.340 e. The van der Waals surface area contributed by atoms with E-state index < -0.39 is 10.9 Å². The zero-order chi connectivity index (χ0) is 11.6. The van der Waals surface area contributed by atoms with Crippen LogP contribution in [0.4, 0.5) is 5.69 Å². The first-order valence-corrected chi connectivity index (χ1v) is 4.04. The second kappa shape index (κ2) is 3.95. The molecular formula is C9H9NO5. The molecule has 1 aromatic carbocycles. The quantitative estimate of drug-likeness (QED) is 0.605. The van der Waals surface area contributed by atoms with Gasteiger partial charge in [-0.05, 0) is 12.5 Å². The van der Waals surface area contributed by atoms with Crippen molar-refractivity contribution < 1.29 is 19.6 Å². The van der Waals surface area contributed by atoms with Crippen LogP contribution in [0.15, 0.2) is 12.1 Å². The maximum atomic E-state index is 10.9. The lowest BCUT2D eigenvalue weighted by Gasteiger charge is -2.07. The second-order valence-corrected chi connectivity index (χ2v) is 2.87. The highest BCUT2D eigenvalue weighted by Crippen LogP contribution is 2.32. The number of methoxy groups -OCH3 is 1. The van der Waals surface area contributed by atoms with Crippen molar-refractivity contribution in [1.82, 2.24) is 0 Å². The molecule has 6 heteroatoms. The average Bonchev–Trinajstić information content (AvgIpc) is 2.15. The summed E-state index contributed by atoms with van der Waals surface area (Å²) < 4.78 is 4.76. The van der Waals surface area contributed by atoms with Gasteiger partial charge in [0.15, 0.2) is 0 Å². The lowest BCUT2D eigenvalue weighted by atomic mass is 10.1. The molecule has 0 bridgehead atoms. The van der Waals surface area contributed by atoms with Crippen LogP contribution in [0.5, 0.6) is 5.75 Å². The molecule has 0 aromatic heterocycles. The van der Waals surface area contributed by atoms with E-state index in [1.807, 2.05) is 0 Å². The van der Waals surface area contributed by atoms with E-state index in [0.29, 0.717) is 5.56 Å². The fourth-order valence-electron chi connectivity index (χ4n) is 1.29. The molecule has 0 saturated carbocycles. The van der Waals surface area contributed by atoms with E-state index in [0.717, 1.165) is 0 Å². The summed E-state index contributed by atoms with van der Waals surface area (Å²) in [6.07, 6.45) is 0. The number of carboxylic acid groups (broad SMARTS) is 1. The van der Waals surface area contributed by atoms with Gasteiger partial charge in [0.2, 0.25) is 5.75 Å². The van der Waals surface area contributed by atoms with Gasteiger partial charge < -0.3 is 9.84 Å². The summed E-state index contributed by atoms with van der Waals surface area (Å²) in [5.41, 5.74) is -0.0999. The smallest absolute Gasteiger partial charge is 0.340 e. The highest BCUT2D eigenvalue weighted by atomic mass is 16.6. The summed E-state index contributed by atoms with van der Waals surface area (Å²) in [5, 5.41) is 19.5. The number of hydrogen-bond donors (Lipinski definition) is 1. The molecule has 0 radical (unpaired) electrons. The largest absolute Gasteiger partial charge is 0.490 e. The molecule has 6 nitrogen and oxygen atoms in total. The number of aryl methyl sites for hydroxylation is 1. The lowest BCUT2D eigenvalue weighted by Crippen LogP contribution is -2.05. The van der Waals surface area contributed by atoms with E-state index in [2.05, 4.69) is 0 Å². The minimum atomic E-state index is -1.24. The third kappa shape index (κ3) is 1.88. The summed E-state index contributed by atoms with van der Waals surface area (Å²) in [6, 6.07) is 2.60. The molecule has 0 saturated heterocycles. The zero-order valence-electron chi connectivity index (χ0n) is 8.18. The Morgan fingerprint density at radius 3 is 2.53 bits per heavy atom. The van der Waals surface area contributed by atoms with Gasteiger partial charge in [0.25, 0.3) is 0 Å². The predicted molar refractivity (Wildman–Crippen MR) is 51.3 cm³/mol. The fourth-order valence-corrected chi connectivity index (χ4v) is 1.29. The summed E-state index contributed by atoms with van der Waals surface area (Å²) in [6.45, 7) is 1.55. The minimum absolute atomic E-state index is 0.174. The Hall–Kier alpha value is -2.11. The minimum Gasteiger partial charge on any atom is -0.490 e. The third-order valence-corrected chi connectivity index (χ3v) is 1.96. The molecule has 0 amide bonds. The summed E-state index contributed by atoms with van der Waals surface area (Å²) in [4.78, 5) is 20.8. The van der Waals surface area contributed by atoms with Crippen LogP contribution in [-0.4, -0.2) is 23.1 Å². The molecule has 0 aliphatic heterocycles. The van der Waals surface area contributed by atoms with Crippen LogP contribution in [-0.2, 0) is 0 Å². The molecule has 0 aliphatic carbocycles. The molecule has 1 rings (SSSR count). The number of nitrogens with zero attached hydrogens (tertiary/aromatic N) is 1. The summed E-state index contributed by atoms with van der Waals surface area (Å²) >= 11 is 0. The van der Waals surface area contributed by atoms with Crippen LogP contribution < -0.4 is 4.74 Å². The van der Waals surface area contributed by atoms with Crippen molar-refractivity contribution in [2.75, 3.05) is 7.11 Å². The van der Waals surface area contributed by atoms with Gasteiger partial charge in [0, 0.05) is 6.07 Å². The van der Waals surface area contributed by atoms with Gasteiger partial charge in [-0.1, -0.05) is 6.07 Å². The molecule has 0 atom stereocenters. The van der Waals surface area contributed by atoms with Crippen LogP contribution in [0.3, 0.4) is 0 Å². The standard InChI is InChI=1S/C9H9NO5/c1-5-3-4-6(10(13)14)8(15-2)7(5)9(11)12/h3-4H,1-2H3,(H,11,12). The van der Waals surface area contributed by atoms with Gasteiger partial charge >= 0.3 is 11.7 Å². The Kier molecular flexibility index (Phi) is 2.89. The molecule has 1 N–H and O–H groups in total. The number of carbonyl (C=O) groups is 1. The molecule has 0 unspecified atom stereocenters. The fraction of sp³-hybridized carbons (Fsp3) is 0.222. The molecule has 15 heavy (non-hydrogen) atoms. The van der Waals surface area contributed by atoms with Crippen molar-refractivity contribution >= 4 is 11.7 Å². The van der Waals surface area contributed by atoms with Gasteiger partial charge in [-0.15, -0.1) is 0 Å². The van der Waals surface area contributed by atoms with Crippen molar-refractivity contribution in [2.45, 2.75) is 6.92 Å². The first kappa shape index (κ1) is 11.0. The lowest BCUT2D eigenvalue weighted by molar-refractivity contribution is -0.385. The number of carboxylic acids is 1. The van der Waals surface area contributed by atoms with Gasteiger partial charge in [-0.2, -0.15) is 0 Å². The van der Waals surface area contributed by atoms with Crippen molar-refractivity contribution in [3.63, 3.8) is 0 Å². The third-order valence-electron chi connectivity index (χ3n) is 1.96. The monoisotopic (exact) mass is 211 g/mol. The molecule has 0 fully saturated rings. The first-order chi connectivity index (χ1) is 6.99. The Labute approximate surface area is 85.2 Å². The van der Waals surface area contributed by atoms with Gasteiger partial charge in [-0.3, -0.25) is 10.1 Å². The predicted octanol–water partition coefficient (Wildman–Crippen LogP) is 1.61. The van der Waals surface area contributed by atoms with E-state index in [9.17, 15) is 14.9 Å². The maximum absolute atomic E-state index is 10.9. The number of hydrogen-bond acceptors (Lipinski definition) is 4. The number of nitro benzene ring substituents is 1. The summed E-state index contributed by atoms with van der Waals surface area (Å²) in [7, 11) is 1.20. The van der Waals surface area contributed by atoms with E-state index in [1.54, 1.807) is 6.92 Å². The Morgan fingerprint density at radius 1 is 1.53 bits per heavy atom. The van der Waals surface area contributed by atoms with E-state index >= 15 is 0 Å². The number of nitro groups is 1. The highest BCUT2D eigenvalue weighted by Gasteiger charge is 2.24. The van der Waals surface area contributed by atoms with Gasteiger partial charge in [0.05, 0.1) is 12.0 Å². The van der Waals surface area contributed by atoms with Gasteiger partial charge in [-0.25, -0.2) is 4.79 Å². The Balaban J connectivity index is 3.54. The van der Waals surface area contributed by atoms with Crippen molar-refractivity contribution in [3.05, 3.63) is 33.4 Å². The summed E-state index contributed by atoms with van der Waals surface area (Å²) in [5.74, 6) is -1.46. The van der Waals surface area contributed by atoms with Crippen molar-refractivity contribution in [3.8, 4) is 5.75 Å². The number of aromatic carboxylic acids is 1. The van der Waals surface area contributed by atoms with E-state index in [-0.39, 0.29) is 17.0 Å². The van der Waals surface area contributed by atoms with Crippen molar-refractivity contribution in [2.24, 2.45) is 0 Å². The molecule has 1 aromatic rings. The Morgan fingerprint density at radius 2 is 2.13 bits per heavy atom. The van der Waals surface area contributed by atoms with Crippen LogP contribution >= 0.6 is 0 Å². The van der Waals surface area contributed by atoms with E-state index in [4.69, 9.17) is 9.84 Å². The second-order valence-electron chi connectivity index (χ2n) is 2.87. The van der Waals surface area contributed by atoms with Crippen LogP contribution in [0.1, 0.15) is 15.9 Å². The van der Waals surface area contributed by atoms with Crippen LogP contribution in [0.25, 0.3) is 0 Å². The van der Waals surface area contributed by atoms with Crippen LogP contribution in [0, 0.1) is 17.0 Å². The van der Waals surface area contributed by atoms with Crippen molar-refractivity contribution in [1.29, 1.82) is 0 Å². The molecular weight excluding hydrogens is 202 g/mol. The SMILES string of the molecule is COc1c([N+](=O)[O-])ccc(C)c1C(=O)O. The molecule has 80 valence electrons. The first-order valence-electron chi connectivity index (χ1n) is 4.04. The van der Waals surface area contributed by atoms with Gasteiger partial charge in [0.1, 0.15) is 5.56 Å². The molecule has 0 aliphatic rings. The van der Waals surface area contributed by atoms with E-state index in [1.165, 1.54) is 19.2 Å². The normalized spacial score (nSPS) is 9.73. The average molecular weight is 211 g/mol. The number of ether oxygens (including phenoxy) is 1. The molecule has 0 spiro atoms. The zero-order valence-corrected chi connectivity index (χ0v) is 8.18. The number of benzene rings is 1.